The molecule has 1 rings (SSSR count). The van der Waals surface area contributed by atoms with Crippen molar-refractivity contribution in [1.29, 1.82) is 0 Å². The minimum atomic E-state index is -4.56. The van der Waals surface area contributed by atoms with E-state index < -0.39 is 17.6 Å². The van der Waals surface area contributed by atoms with Gasteiger partial charge in [-0.05, 0) is 18.6 Å². The highest BCUT2D eigenvalue weighted by atomic mass is 19.4. The van der Waals surface area contributed by atoms with Crippen LogP contribution in [0.4, 0.5) is 18.9 Å². The molecule has 0 aliphatic carbocycles. The summed E-state index contributed by atoms with van der Waals surface area (Å²) in [4.78, 5) is 26.4. The van der Waals surface area contributed by atoms with Crippen LogP contribution in [0.2, 0.25) is 0 Å². The molecule has 0 unspecified atom stereocenters. The van der Waals surface area contributed by atoms with Crippen molar-refractivity contribution in [2.45, 2.75) is 39.3 Å². The molecule has 0 heterocycles. The van der Waals surface area contributed by atoms with E-state index in [1.165, 1.54) is 30.0 Å². The van der Waals surface area contributed by atoms with Gasteiger partial charge in [0.15, 0.2) is 0 Å². The number of carbonyl (C=O) groups excluding carboxylic acids is 2. The van der Waals surface area contributed by atoms with E-state index in [1.807, 2.05) is 6.92 Å². The Hall–Kier alpha value is -2.05. The number of amides is 2. The molecule has 0 aliphatic rings. The fourth-order valence-electron chi connectivity index (χ4n) is 2.31. The lowest BCUT2D eigenvalue weighted by atomic mass is 10.1. The van der Waals surface area contributed by atoms with Gasteiger partial charge in [-0.2, -0.15) is 13.2 Å². The van der Waals surface area contributed by atoms with Gasteiger partial charge in [-0.1, -0.05) is 25.5 Å². The summed E-state index contributed by atoms with van der Waals surface area (Å²) in [7, 11) is 1.65. The molecule has 4 nitrogen and oxygen atoms in total. The predicted molar refractivity (Wildman–Crippen MR) is 86.6 cm³/mol. The monoisotopic (exact) mass is 344 g/mol. The number of para-hydroxylation sites is 1. The summed E-state index contributed by atoms with van der Waals surface area (Å²) in [5.74, 6) is -0.727. The van der Waals surface area contributed by atoms with E-state index in [1.54, 1.807) is 7.05 Å². The van der Waals surface area contributed by atoms with E-state index >= 15 is 0 Å². The summed E-state index contributed by atoms with van der Waals surface area (Å²) in [6.45, 7) is 3.70. The number of hydrogen-bond acceptors (Lipinski definition) is 2. The van der Waals surface area contributed by atoms with Crippen molar-refractivity contribution in [1.82, 2.24) is 4.90 Å². The van der Waals surface area contributed by atoms with Crippen LogP contribution in [0.15, 0.2) is 24.3 Å². The number of nitrogens with zero attached hydrogens (tertiary/aromatic N) is 2. The molecule has 0 aliphatic heterocycles. The van der Waals surface area contributed by atoms with E-state index in [4.69, 9.17) is 0 Å². The Morgan fingerprint density at radius 3 is 2.29 bits per heavy atom. The molecule has 0 saturated carbocycles. The number of benzene rings is 1. The number of hydrogen-bond donors (Lipinski definition) is 0. The molecule has 0 fully saturated rings. The molecule has 2 amide bonds. The minimum absolute atomic E-state index is 0.0218. The molecule has 0 radical (unpaired) electrons. The largest absolute Gasteiger partial charge is 0.418 e. The third kappa shape index (κ3) is 5.54. The van der Waals surface area contributed by atoms with E-state index in [9.17, 15) is 22.8 Å². The summed E-state index contributed by atoms with van der Waals surface area (Å²) in [5.41, 5.74) is -1.10. The van der Waals surface area contributed by atoms with E-state index in [0.29, 0.717) is 6.54 Å². The number of carbonyl (C=O) groups is 2. The minimum Gasteiger partial charge on any atom is -0.346 e. The van der Waals surface area contributed by atoms with Gasteiger partial charge in [-0.25, -0.2) is 0 Å². The third-order valence-electron chi connectivity index (χ3n) is 3.70. The van der Waals surface area contributed by atoms with Gasteiger partial charge in [0, 0.05) is 33.5 Å². The SMILES string of the molecule is CCCCN(C)C(=O)CCN(C(C)=O)c1ccccc1C(F)(F)F. The van der Waals surface area contributed by atoms with Crippen molar-refractivity contribution in [3.8, 4) is 0 Å². The van der Waals surface area contributed by atoms with Gasteiger partial charge in [-0.3, -0.25) is 9.59 Å². The molecular formula is C17H23F3N2O2. The van der Waals surface area contributed by atoms with Crippen LogP contribution in [0, 0.1) is 0 Å². The van der Waals surface area contributed by atoms with Gasteiger partial charge in [0.2, 0.25) is 11.8 Å². The Labute approximate surface area is 140 Å². The second kappa shape index (κ2) is 8.70. The van der Waals surface area contributed by atoms with Gasteiger partial charge in [0.1, 0.15) is 0 Å². The van der Waals surface area contributed by atoms with Crippen LogP contribution < -0.4 is 4.90 Å². The molecule has 0 N–H and O–H groups in total. The van der Waals surface area contributed by atoms with Crippen molar-refractivity contribution in [2.75, 3.05) is 25.0 Å². The summed E-state index contributed by atoms with van der Waals surface area (Å²) in [6.07, 6.45) is -2.79. The Morgan fingerprint density at radius 2 is 1.75 bits per heavy atom. The lowest BCUT2D eigenvalue weighted by Crippen LogP contribution is -2.36. The van der Waals surface area contributed by atoms with Gasteiger partial charge in [0.05, 0.1) is 11.3 Å². The van der Waals surface area contributed by atoms with Crippen LogP contribution in [0.5, 0.6) is 0 Å². The zero-order valence-electron chi connectivity index (χ0n) is 14.2. The highest BCUT2D eigenvalue weighted by Crippen LogP contribution is 2.36. The Morgan fingerprint density at radius 1 is 1.12 bits per heavy atom. The van der Waals surface area contributed by atoms with Crippen LogP contribution in [0.25, 0.3) is 0 Å². The maximum Gasteiger partial charge on any atom is 0.418 e. The summed E-state index contributed by atoms with van der Waals surface area (Å²) in [5, 5.41) is 0. The van der Waals surface area contributed by atoms with Crippen molar-refractivity contribution in [3.05, 3.63) is 29.8 Å². The van der Waals surface area contributed by atoms with Crippen LogP contribution >= 0.6 is 0 Å². The Bertz CT molecular complexity index is 573. The fourth-order valence-corrected chi connectivity index (χ4v) is 2.31. The quantitative estimate of drug-likeness (QED) is 0.757. The zero-order valence-corrected chi connectivity index (χ0v) is 14.2. The van der Waals surface area contributed by atoms with Crippen molar-refractivity contribution in [3.63, 3.8) is 0 Å². The average molecular weight is 344 g/mol. The molecule has 0 aromatic heterocycles. The van der Waals surface area contributed by atoms with Crippen LogP contribution in [0.1, 0.15) is 38.7 Å². The second-order valence-corrected chi connectivity index (χ2v) is 5.60. The Kier molecular flexibility index (Phi) is 7.25. The smallest absolute Gasteiger partial charge is 0.346 e. The molecule has 1 aromatic rings. The van der Waals surface area contributed by atoms with Crippen molar-refractivity contribution >= 4 is 17.5 Å². The molecule has 1 aromatic carbocycles. The first-order chi connectivity index (χ1) is 11.2. The van der Waals surface area contributed by atoms with Gasteiger partial charge in [0.25, 0.3) is 0 Å². The molecule has 0 saturated heterocycles. The standard InChI is InChI=1S/C17H23F3N2O2/c1-4-5-11-21(3)16(24)10-12-22(13(2)23)15-9-7-6-8-14(15)17(18,19)20/h6-9H,4-5,10-12H2,1-3H3. The van der Waals surface area contributed by atoms with Crippen LogP contribution in [-0.4, -0.2) is 36.9 Å². The third-order valence-corrected chi connectivity index (χ3v) is 3.70. The number of anilines is 1. The van der Waals surface area contributed by atoms with E-state index in [2.05, 4.69) is 0 Å². The molecule has 134 valence electrons. The van der Waals surface area contributed by atoms with Gasteiger partial charge >= 0.3 is 6.18 Å². The molecule has 0 bridgehead atoms. The zero-order chi connectivity index (χ0) is 18.3. The molecular weight excluding hydrogens is 321 g/mol. The second-order valence-electron chi connectivity index (χ2n) is 5.60. The number of rotatable bonds is 7. The predicted octanol–water partition coefficient (Wildman–Crippen LogP) is 3.71. The van der Waals surface area contributed by atoms with Crippen LogP contribution in [0.3, 0.4) is 0 Å². The number of halogens is 3. The Balaban J connectivity index is 2.90. The number of alkyl halides is 3. The van der Waals surface area contributed by atoms with Crippen molar-refractivity contribution < 1.29 is 22.8 Å². The van der Waals surface area contributed by atoms with E-state index in [-0.39, 0.29) is 24.6 Å². The topological polar surface area (TPSA) is 40.6 Å². The lowest BCUT2D eigenvalue weighted by Gasteiger charge is -2.25. The first-order valence-corrected chi connectivity index (χ1v) is 7.86. The molecule has 7 heteroatoms. The fraction of sp³-hybridized carbons (Fsp3) is 0.529. The summed E-state index contributed by atoms with van der Waals surface area (Å²) in [6, 6.07) is 4.89. The number of unbranched alkanes of at least 4 members (excludes halogenated alkanes) is 1. The molecule has 0 spiro atoms. The first-order valence-electron chi connectivity index (χ1n) is 7.86. The molecule has 24 heavy (non-hydrogen) atoms. The highest BCUT2D eigenvalue weighted by molar-refractivity contribution is 5.93. The van der Waals surface area contributed by atoms with Gasteiger partial charge in [-0.15, -0.1) is 0 Å². The maximum absolute atomic E-state index is 13.1. The van der Waals surface area contributed by atoms with Crippen LogP contribution in [-0.2, 0) is 15.8 Å². The van der Waals surface area contributed by atoms with E-state index in [0.717, 1.165) is 23.8 Å². The average Bonchev–Trinajstić information content (AvgIpc) is 2.51. The van der Waals surface area contributed by atoms with Crippen molar-refractivity contribution in [2.24, 2.45) is 0 Å². The summed E-state index contributed by atoms with van der Waals surface area (Å²) >= 11 is 0. The maximum atomic E-state index is 13.1. The summed E-state index contributed by atoms with van der Waals surface area (Å²) < 4.78 is 39.4. The van der Waals surface area contributed by atoms with Gasteiger partial charge < -0.3 is 9.80 Å². The highest BCUT2D eigenvalue weighted by Gasteiger charge is 2.35. The first kappa shape index (κ1) is 20.0. The lowest BCUT2D eigenvalue weighted by molar-refractivity contribution is -0.137. The molecule has 0 atom stereocenters. The normalized spacial score (nSPS) is 11.2.